The van der Waals surface area contributed by atoms with Crippen LogP contribution in [0.25, 0.3) is 6.08 Å². The highest BCUT2D eigenvalue weighted by atomic mass is 35.5. The summed E-state index contributed by atoms with van der Waals surface area (Å²) in [6.45, 7) is 4.51. The zero-order valence-electron chi connectivity index (χ0n) is 15.2. The molecular formula is C20H17ClN2O4S. The van der Waals surface area contributed by atoms with E-state index in [2.05, 4.69) is 10.3 Å². The predicted octanol–water partition coefficient (Wildman–Crippen LogP) is 4.67. The van der Waals surface area contributed by atoms with Gasteiger partial charge in [-0.1, -0.05) is 17.7 Å². The molecule has 4 rings (SSSR count). The molecule has 0 unspecified atom stereocenters. The topological polar surface area (TPSA) is 69.2 Å². The zero-order valence-corrected chi connectivity index (χ0v) is 16.8. The molecule has 6 nitrogen and oxygen atoms in total. The van der Waals surface area contributed by atoms with Crippen LogP contribution in [0.5, 0.6) is 17.2 Å². The first kappa shape index (κ1) is 18.7. The van der Waals surface area contributed by atoms with Crippen LogP contribution >= 0.6 is 23.4 Å². The van der Waals surface area contributed by atoms with Crippen LogP contribution in [0.2, 0.25) is 5.02 Å². The Kier molecular flexibility index (Phi) is 5.19. The van der Waals surface area contributed by atoms with Crippen molar-refractivity contribution in [1.29, 1.82) is 0 Å². The molecule has 2 aliphatic rings. The second-order valence-corrected chi connectivity index (χ2v) is 7.56. The number of thioether (sulfide) groups is 1. The van der Waals surface area contributed by atoms with Crippen LogP contribution in [-0.2, 0) is 4.79 Å². The maximum absolute atomic E-state index is 12.4. The molecular weight excluding hydrogens is 400 g/mol. The molecule has 2 aromatic carbocycles. The average molecular weight is 417 g/mol. The Morgan fingerprint density at radius 2 is 2.07 bits per heavy atom. The Bertz CT molecular complexity index is 1020. The summed E-state index contributed by atoms with van der Waals surface area (Å²) in [7, 11) is 0. The molecule has 1 N–H and O–H groups in total. The zero-order chi connectivity index (χ0) is 19.7. The molecule has 2 aliphatic heterocycles. The van der Waals surface area contributed by atoms with Crippen molar-refractivity contribution >= 4 is 46.2 Å². The SMILES string of the molecule is CCOc1cc2c(cc1/C=C1\SC(=Nc3cc(Cl)ccc3C)NC1=O)OCO2. The smallest absolute Gasteiger partial charge is 0.264 e. The van der Waals surface area contributed by atoms with Gasteiger partial charge in [0, 0.05) is 16.7 Å². The van der Waals surface area contributed by atoms with Gasteiger partial charge in [-0.15, -0.1) is 0 Å². The van der Waals surface area contributed by atoms with Crippen LogP contribution in [0.3, 0.4) is 0 Å². The van der Waals surface area contributed by atoms with Crippen LogP contribution in [0, 0.1) is 6.92 Å². The van der Waals surface area contributed by atoms with Crippen molar-refractivity contribution in [2.24, 2.45) is 4.99 Å². The van der Waals surface area contributed by atoms with Gasteiger partial charge >= 0.3 is 0 Å². The van der Waals surface area contributed by atoms with Gasteiger partial charge in [0.1, 0.15) is 5.75 Å². The standard InChI is InChI=1S/C20H17ClN2O4S/c1-3-25-15-9-17-16(26-10-27-17)6-12(15)7-18-19(24)23-20(28-18)22-14-8-13(21)5-4-11(14)2/h4-9H,3,10H2,1-2H3,(H,22,23,24)/b18-7-. The summed E-state index contributed by atoms with van der Waals surface area (Å²) in [5, 5.41) is 3.88. The second kappa shape index (κ2) is 7.77. The highest BCUT2D eigenvalue weighted by Gasteiger charge is 2.25. The number of carbonyl (C=O) groups excluding carboxylic acids is 1. The van der Waals surface area contributed by atoms with E-state index < -0.39 is 0 Å². The van der Waals surface area contributed by atoms with E-state index in [9.17, 15) is 4.79 Å². The van der Waals surface area contributed by atoms with Gasteiger partial charge < -0.3 is 19.5 Å². The van der Waals surface area contributed by atoms with Crippen LogP contribution in [0.1, 0.15) is 18.1 Å². The van der Waals surface area contributed by atoms with E-state index in [-0.39, 0.29) is 12.7 Å². The Hall–Kier alpha value is -2.64. The molecule has 0 saturated carbocycles. The molecule has 0 aliphatic carbocycles. The van der Waals surface area contributed by atoms with Crippen molar-refractivity contribution in [2.45, 2.75) is 13.8 Å². The minimum atomic E-state index is -0.219. The van der Waals surface area contributed by atoms with Crippen molar-refractivity contribution in [3.63, 3.8) is 0 Å². The summed E-state index contributed by atoms with van der Waals surface area (Å²) >= 11 is 7.31. The number of rotatable bonds is 4. The number of amides is 1. The Labute approximate surface area is 171 Å². The van der Waals surface area contributed by atoms with Gasteiger partial charge in [-0.25, -0.2) is 4.99 Å². The third-order valence-corrected chi connectivity index (χ3v) is 5.28. The number of hydrogen-bond acceptors (Lipinski definition) is 6. The van der Waals surface area contributed by atoms with Gasteiger partial charge in [-0.2, -0.15) is 0 Å². The van der Waals surface area contributed by atoms with E-state index in [1.807, 2.05) is 26.0 Å². The summed E-state index contributed by atoms with van der Waals surface area (Å²) in [5.74, 6) is 1.67. The van der Waals surface area contributed by atoms with Gasteiger partial charge in [0.15, 0.2) is 16.7 Å². The normalized spacial score (nSPS) is 18.0. The highest BCUT2D eigenvalue weighted by Crippen LogP contribution is 2.40. The number of aliphatic imine (C=N–C) groups is 1. The molecule has 2 heterocycles. The number of benzene rings is 2. The lowest BCUT2D eigenvalue weighted by Gasteiger charge is -2.09. The number of carbonyl (C=O) groups is 1. The fraction of sp³-hybridized carbons (Fsp3) is 0.200. The van der Waals surface area contributed by atoms with E-state index in [4.69, 9.17) is 25.8 Å². The number of amidine groups is 1. The molecule has 1 amide bonds. The maximum Gasteiger partial charge on any atom is 0.264 e. The lowest BCUT2D eigenvalue weighted by atomic mass is 10.1. The van der Waals surface area contributed by atoms with Gasteiger partial charge in [0.05, 0.1) is 17.2 Å². The predicted molar refractivity (Wildman–Crippen MR) is 111 cm³/mol. The van der Waals surface area contributed by atoms with E-state index in [0.717, 1.165) is 16.8 Å². The highest BCUT2D eigenvalue weighted by molar-refractivity contribution is 8.18. The fourth-order valence-electron chi connectivity index (χ4n) is 2.77. The molecule has 0 bridgehead atoms. The van der Waals surface area contributed by atoms with Crippen LogP contribution in [-0.4, -0.2) is 24.5 Å². The molecule has 28 heavy (non-hydrogen) atoms. The molecule has 0 radical (unpaired) electrons. The van der Waals surface area contributed by atoms with Crippen molar-refractivity contribution in [1.82, 2.24) is 5.32 Å². The van der Waals surface area contributed by atoms with Crippen LogP contribution in [0.15, 0.2) is 40.2 Å². The molecule has 0 aromatic heterocycles. The number of hydrogen-bond donors (Lipinski definition) is 1. The minimum absolute atomic E-state index is 0.173. The number of fused-ring (bicyclic) bond motifs is 1. The van der Waals surface area contributed by atoms with E-state index in [1.54, 1.807) is 24.3 Å². The number of halogens is 1. The Morgan fingerprint density at radius 1 is 1.29 bits per heavy atom. The van der Waals surface area contributed by atoms with Crippen molar-refractivity contribution in [3.8, 4) is 17.2 Å². The summed E-state index contributed by atoms with van der Waals surface area (Å²) in [4.78, 5) is 17.5. The van der Waals surface area contributed by atoms with Crippen molar-refractivity contribution in [3.05, 3.63) is 51.4 Å². The van der Waals surface area contributed by atoms with E-state index in [0.29, 0.717) is 39.0 Å². The Balaban J connectivity index is 1.65. The average Bonchev–Trinajstić information content (AvgIpc) is 3.25. The van der Waals surface area contributed by atoms with Crippen LogP contribution < -0.4 is 19.5 Å². The van der Waals surface area contributed by atoms with Gasteiger partial charge in [-0.3, -0.25) is 4.79 Å². The number of nitrogens with one attached hydrogen (secondary N) is 1. The third kappa shape index (κ3) is 3.81. The molecule has 1 fully saturated rings. The number of aryl methyl sites for hydroxylation is 1. The summed E-state index contributed by atoms with van der Waals surface area (Å²) in [6.07, 6.45) is 1.76. The first-order chi connectivity index (χ1) is 13.5. The largest absolute Gasteiger partial charge is 0.493 e. The summed E-state index contributed by atoms with van der Waals surface area (Å²) in [5.41, 5.74) is 2.43. The molecule has 144 valence electrons. The van der Waals surface area contributed by atoms with E-state index in [1.165, 1.54) is 11.8 Å². The second-order valence-electron chi connectivity index (χ2n) is 6.09. The first-order valence-electron chi connectivity index (χ1n) is 8.65. The number of nitrogens with zero attached hydrogens (tertiary/aromatic N) is 1. The molecule has 0 spiro atoms. The lowest BCUT2D eigenvalue weighted by Crippen LogP contribution is -2.19. The fourth-order valence-corrected chi connectivity index (χ4v) is 3.76. The first-order valence-corrected chi connectivity index (χ1v) is 9.85. The lowest BCUT2D eigenvalue weighted by molar-refractivity contribution is -0.115. The van der Waals surface area contributed by atoms with Crippen molar-refractivity contribution < 1.29 is 19.0 Å². The van der Waals surface area contributed by atoms with Crippen LogP contribution in [0.4, 0.5) is 5.69 Å². The quantitative estimate of drug-likeness (QED) is 0.733. The number of ether oxygens (including phenoxy) is 3. The van der Waals surface area contributed by atoms with Crippen molar-refractivity contribution in [2.75, 3.05) is 13.4 Å². The monoisotopic (exact) mass is 416 g/mol. The van der Waals surface area contributed by atoms with Gasteiger partial charge in [0.25, 0.3) is 5.91 Å². The summed E-state index contributed by atoms with van der Waals surface area (Å²) < 4.78 is 16.5. The molecule has 8 heteroatoms. The molecule has 2 aromatic rings. The van der Waals surface area contributed by atoms with Gasteiger partial charge in [0.2, 0.25) is 6.79 Å². The van der Waals surface area contributed by atoms with Gasteiger partial charge in [-0.05, 0) is 55.4 Å². The molecule has 0 atom stereocenters. The minimum Gasteiger partial charge on any atom is -0.493 e. The van der Waals surface area contributed by atoms with E-state index >= 15 is 0 Å². The Morgan fingerprint density at radius 3 is 2.86 bits per heavy atom. The third-order valence-electron chi connectivity index (χ3n) is 4.14. The molecule has 1 saturated heterocycles. The summed E-state index contributed by atoms with van der Waals surface area (Å²) in [6, 6.07) is 9.05. The maximum atomic E-state index is 12.4.